The van der Waals surface area contributed by atoms with E-state index in [4.69, 9.17) is 9.47 Å². The van der Waals surface area contributed by atoms with Gasteiger partial charge < -0.3 is 14.8 Å². The largest absolute Gasteiger partial charge is 0.486 e. The number of anilines is 1. The van der Waals surface area contributed by atoms with Gasteiger partial charge in [0.15, 0.2) is 11.5 Å². The molecule has 0 bridgehead atoms. The molecule has 2 heterocycles. The van der Waals surface area contributed by atoms with Gasteiger partial charge in [0.2, 0.25) is 10.0 Å². The number of ether oxygens (including phenoxy) is 2. The molecule has 0 aliphatic carbocycles. The highest BCUT2D eigenvalue weighted by molar-refractivity contribution is 7.99. The fourth-order valence-electron chi connectivity index (χ4n) is 3.00. The molecule has 0 fully saturated rings. The minimum absolute atomic E-state index is 0.218. The first-order valence-corrected chi connectivity index (χ1v) is 10.8. The zero-order valence-electron chi connectivity index (χ0n) is 14.3. The Morgan fingerprint density at radius 1 is 1.23 bits per heavy atom. The number of rotatable bonds is 4. The van der Waals surface area contributed by atoms with E-state index < -0.39 is 10.0 Å². The van der Waals surface area contributed by atoms with Gasteiger partial charge in [0.1, 0.15) is 12.7 Å². The third kappa shape index (κ3) is 3.36. The van der Waals surface area contributed by atoms with Crippen LogP contribution in [0.5, 0.6) is 11.5 Å². The van der Waals surface area contributed by atoms with Crippen LogP contribution < -0.4 is 14.8 Å². The minimum Gasteiger partial charge on any atom is -0.486 e. The molecule has 8 heteroatoms. The Kier molecular flexibility index (Phi) is 4.73. The second-order valence-electron chi connectivity index (χ2n) is 6.22. The van der Waals surface area contributed by atoms with Crippen LogP contribution >= 0.6 is 11.8 Å². The van der Waals surface area contributed by atoms with Crippen LogP contribution in [0.3, 0.4) is 0 Å². The molecule has 2 aliphatic rings. The van der Waals surface area contributed by atoms with Gasteiger partial charge >= 0.3 is 0 Å². The van der Waals surface area contributed by atoms with Gasteiger partial charge in [0.05, 0.1) is 11.4 Å². The second kappa shape index (κ2) is 7.02. The van der Waals surface area contributed by atoms with E-state index in [0.29, 0.717) is 18.1 Å². The second-order valence-corrected chi connectivity index (χ2v) is 9.40. The number of benzene rings is 2. The minimum atomic E-state index is -3.60. The highest BCUT2D eigenvalue weighted by Crippen LogP contribution is 2.34. The third-order valence-corrected chi connectivity index (χ3v) is 7.26. The number of likely N-dealkylation sites (N-methyl/N-ethyl adjacent to an activating group) is 1. The molecule has 1 N–H and O–H groups in total. The van der Waals surface area contributed by atoms with Crippen molar-refractivity contribution in [2.75, 3.05) is 37.8 Å². The summed E-state index contributed by atoms with van der Waals surface area (Å²) >= 11 is 1.73. The van der Waals surface area contributed by atoms with Crippen molar-refractivity contribution in [1.29, 1.82) is 0 Å². The molecule has 0 radical (unpaired) electrons. The Balaban J connectivity index is 1.50. The van der Waals surface area contributed by atoms with Crippen LogP contribution in [0.15, 0.2) is 52.3 Å². The normalized spacial score (nSPS) is 18.9. The smallest absolute Gasteiger partial charge is 0.243 e. The van der Waals surface area contributed by atoms with E-state index in [1.165, 1.54) is 4.31 Å². The zero-order valence-corrected chi connectivity index (χ0v) is 16.0. The average molecular weight is 393 g/mol. The Morgan fingerprint density at radius 2 is 2.04 bits per heavy atom. The van der Waals surface area contributed by atoms with Gasteiger partial charge in [0.25, 0.3) is 0 Å². The van der Waals surface area contributed by atoms with Gasteiger partial charge in [-0.15, -0.1) is 11.8 Å². The summed E-state index contributed by atoms with van der Waals surface area (Å²) in [4.78, 5) is 1.37. The quantitative estimate of drug-likeness (QED) is 0.863. The van der Waals surface area contributed by atoms with Crippen molar-refractivity contribution in [3.63, 3.8) is 0 Å². The number of fused-ring (bicyclic) bond motifs is 2. The summed E-state index contributed by atoms with van der Waals surface area (Å²) in [6, 6.07) is 12.6. The number of thioether (sulfide) groups is 1. The van der Waals surface area contributed by atoms with Gasteiger partial charge in [-0.2, -0.15) is 4.31 Å². The lowest BCUT2D eigenvalue weighted by Gasteiger charge is -2.29. The first kappa shape index (κ1) is 17.5. The summed E-state index contributed by atoms with van der Waals surface area (Å²) in [5.41, 5.74) is 0.877. The molecule has 0 amide bonds. The van der Waals surface area contributed by atoms with Gasteiger partial charge in [-0.25, -0.2) is 8.42 Å². The lowest BCUT2D eigenvalue weighted by atomic mass is 10.2. The number of nitrogens with one attached hydrogen (secondary N) is 1. The molecular weight excluding hydrogens is 372 g/mol. The summed E-state index contributed by atoms with van der Waals surface area (Å²) in [5.74, 6) is 2.32. The van der Waals surface area contributed by atoms with Gasteiger partial charge in [-0.05, 0) is 30.3 Å². The Bertz CT molecular complexity index is 917. The van der Waals surface area contributed by atoms with Crippen LogP contribution in [0.2, 0.25) is 0 Å². The van der Waals surface area contributed by atoms with E-state index in [1.807, 2.05) is 30.3 Å². The number of hydrogen-bond acceptors (Lipinski definition) is 6. The van der Waals surface area contributed by atoms with E-state index in [-0.39, 0.29) is 17.5 Å². The Labute approximate surface area is 157 Å². The average Bonchev–Trinajstić information content (AvgIpc) is 2.67. The van der Waals surface area contributed by atoms with Crippen molar-refractivity contribution in [1.82, 2.24) is 4.31 Å². The predicted molar refractivity (Wildman–Crippen MR) is 102 cm³/mol. The maximum Gasteiger partial charge on any atom is 0.243 e. The maximum atomic E-state index is 12.9. The summed E-state index contributed by atoms with van der Waals surface area (Å²) < 4.78 is 38.7. The van der Waals surface area contributed by atoms with Gasteiger partial charge in [0, 0.05) is 29.9 Å². The molecule has 0 spiro atoms. The van der Waals surface area contributed by atoms with E-state index in [0.717, 1.165) is 22.9 Å². The molecule has 26 heavy (non-hydrogen) atoms. The molecule has 6 nitrogen and oxygen atoms in total. The highest BCUT2D eigenvalue weighted by atomic mass is 32.2. The molecule has 0 saturated carbocycles. The van der Waals surface area contributed by atoms with E-state index in [1.54, 1.807) is 30.9 Å². The molecule has 138 valence electrons. The Hall–Kier alpha value is -1.90. The maximum absolute atomic E-state index is 12.9. The van der Waals surface area contributed by atoms with Gasteiger partial charge in [-0.1, -0.05) is 12.1 Å². The fourth-order valence-corrected chi connectivity index (χ4v) is 5.10. The molecular formula is C18H20N2O4S2. The molecule has 1 unspecified atom stereocenters. The standard InChI is InChI=1S/C18H20N2O4S2/c1-20(11-13-12-23-16-4-2-3-5-17(16)24-13)26(21,22)14-6-7-18-15(10-14)19-8-9-25-18/h2-7,10,13,19H,8-9,11-12H2,1H3. The zero-order chi connectivity index (χ0) is 18.1. The Morgan fingerprint density at radius 3 is 2.88 bits per heavy atom. The van der Waals surface area contributed by atoms with Crippen LogP contribution in [0.4, 0.5) is 5.69 Å². The SMILES string of the molecule is CN(CC1COc2ccccc2O1)S(=O)(=O)c1ccc2c(c1)NCCS2. The number of nitrogens with zero attached hydrogens (tertiary/aromatic N) is 1. The van der Waals surface area contributed by atoms with Crippen LogP contribution in [0.1, 0.15) is 0 Å². The van der Waals surface area contributed by atoms with Crippen molar-refractivity contribution in [3.8, 4) is 11.5 Å². The van der Waals surface area contributed by atoms with Crippen molar-refractivity contribution in [2.45, 2.75) is 15.9 Å². The topological polar surface area (TPSA) is 67.9 Å². The number of para-hydroxylation sites is 2. The van der Waals surface area contributed by atoms with Crippen molar-refractivity contribution < 1.29 is 17.9 Å². The number of hydrogen-bond donors (Lipinski definition) is 1. The van der Waals surface area contributed by atoms with Crippen molar-refractivity contribution in [3.05, 3.63) is 42.5 Å². The van der Waals surface area contributed by atoms with Crippen LogP contribution in [-0.4, -0.2) is 51.3 Å². The monoisotopic (exact) mass is 392 g/mol. The van der Waals surface area contributed by atoms with Crippen LogP contribution in [0, 0.1) is 0 Å². The molecule has 1 atom stereocenters. The first-order chi connectivity index (χ1) is 12.5. The predicted octanol–water partition coefficient (Wildman–Crippen LogP) is 2.66. The van der Waals surface area contributed by atoms with Crippen molar-refractivity contribution >= 4 is 27.5 Å². The molecule has 0 aromatic heterocycles. The summed E-state index contributed by atoms with van der Waals surface area (Å²) in [7, 11) is -2.03. The third-order valence-electron chi connectivity index (χ3n) is 4.36. The molecule has 2 aromatic rings. The lowest BCUT2D eigenvalue weighted by Crippen LogP contribution is -2.41. The highest BCUT2D eigenvalue weighted by Gasteiger charge is 2.28. The van der Waals surface area contributed by atoms with E-state index in [2.05, 4.69) is 5.32 Å². The lowest BCUT2D eigenvalue weighted by molar-refractivity contribution is 0.0798. The van der Waals surface area contributed by atoms with Gasteiger partial charge in [-0.3, -0.25) is 0 Å². The van der Waals surface area contributed by atoms with E-state index >= 15 is 0 Å². The molecule has 2 aliphatic heterocycles. The molecule has 0 saturated heterocycles. The number of sulfonamides is 1. The molecule has 4 rings (SSSR count). The first-order valence-electron chi connectivity index (χ1n) is 8.39. The fraction of sp³-hybridized carbons (Fsp3) is 0.333. The summed E-state index contributed by atoms with van der Waals surface area (Å²) in [6.07, 6.45) is -0.351. The van der Waals surface area contributed by atoms with E-state index in [9.17, 15) is 8.42 Å². The van der Waals surface area contributed by atoms with Crippen LogP contribution in [-0.2, 0) is 10.0 Å². The van der Waals surface area contributed by atoms with Crippen LogP contribution in [0.25, 0.3) is 0 Å². The summed E-state index contributed by atoms with van der Waals surface area (Å²) in [6.45, 7) is 1.37. The molecule has 2 aromatic carbocycles. The van der Waals surface area contributed by atoms with Crippen molar-refractivity contribution in [2.24, 2.45) is 0 Å². The summed E-state index contributed by atoms with van der Waals surface area (Å²) in [5, 5.41) is 3.26.